The summed E-state index contributed by atoms with van der Waals surface area (Å²) >= 11 is 0. The zero-order valence-electron chi connectivity index (χ0n) is 53.3. The van der Waals surface area contributed by atoms with Crippen molar-refractivity contribution in [2.45, 2.75) is 322 Å². The Hall–Kier alpha value is -2.55. The van der Waals surface area contributed by atoms with Crippen LogP contribution in [0.1, 0.15) is 310 Å². The number of amides is 1. The number of nitrogens with zero attached hydrogens (tertiary/aromatic N) is 1. The lowest BCUT2D eigenvalue weighted by atomic mass is 10.0. The van der Waals surface area contributed by atoms with Gasteiger partial charge in [-0.15, -0.1) is 0 Å². The average Bonchev–Trinajstić information content (AvgIpc) is 3.43. The zero-order chi connectivity index (χ0) is 58.6. The molecule has 466 valence electrons. The summed E-state index contributed by atoms with van der Waals surface area (Å²) in [5, 5.41) is 3.06. The van der Waals surface area contributed by atoms with Gasteiger partial charge in [0.05, 0.1) is 33.8 Å². The van der Waals surface area contributed by atoms with E-state index in [1.165, 1.54) is 186 Å². The van der Waals surface area contributed by atoms with Gasteiger partial charge in [-0.2, -0.15) is 0 Å². The molecule has 0 aromatic rings. The molecule has 0 fully saturated rings. The number of quaternary nitrogens is 1. The molecule has 0 aliphatic rings. The van der Waals surface area contributed by atoms with Crippen LogP contribution in [0.25, 0.3) is 0 Å². The van der Waals surface area contributed by atoms with Gasteiger partial charge in [0.15, 0.2) is 0 Å². The van der Waals surface area contributed by atoms with Crippen molar-refractivity contribution in [3.63, 3.8) is 0 Å². The number of rotatable bonds is 61. The van der Waals surface area contributed by atoms with E-state index in [-0.39, 0.29) is 31.5 Å². The van der Waals surface area contributed by atoms with Crippen LogP contribution < -0.4 is 5.32 Å². The number of unbranched alkanes of at least 4 members (excludes halogenated alkanes) is 36. The van der Waals surface area contributed by atoms with Crippen molar-refractivity contribution in [1.82, 2.24) is 5.32 Å². The van der Waals surface area contributed by atoms with Crippen LogP contribution in [0, 0.1) is 0 Å². The third kappa shape index (κ3) is 60.1. The largest absolute Gasteiger partial charge is 0.472 e. The maximum Gasteiger partial charge on any atom is 0.472 e. The van der Waals surface area contributed by atoms with Gasteiger partial charge in [-0.3, -0.25) is 18.6 Å². The molecular weight excluding hydrogens is 1010 g/mol. The van der Waals surface area contributed by atoms with E-state index in [1.54, 1.807) is 0 Å². The van der Waals surface area contributed by atoms with E-state index in [4.69, 9.17) is 13.8 Å². The molecule has 0 heterocycles. The second-order valence-electron chi connectivity index (χ2n) is 24.0. The fourth-order valence-electron chi connectivity index (χ4n) is 9.65. The monoisotopic (exact) mass is 1140 g/mol. The Morgan fingerprint density at radius 2 is 0.800 bits per heavy atom. The number of phosphoric acid groups is 1. The molecule has 9 nitrogen and oxygen atoms in total. The van der Waals surface area contributed by atoms with Gasteiger partial charge in [0.25, 0.3) is 0 Å². The van der Waals surface area contributed by atoms with Crippen LogP contribution in [0.5, 0.6) is 0 Å². The number of phosphoric ester groups is 1. The first-order chi connectivity index (χ1) is 38.9. The Labute approximate surface area is 495 Å². The van der Waals surface area contributed by atoms with Crippen LogP contribution in [-0.2, 0) is 27.9 Å². The van der Waals surface area contributed by atoms with Crippen LogP contribution in [-0.4, -0.2) is 74.3 Å². The summed E-state index contributed by atoms with van der Waals surface area (Å²) in [5.74, 6) is -0.513. The molecule has 0 radical (unpaired) electrons. The van der Waals surface area contributed by atoms with Gasteiger partial charge in [0.1, 0.15) is 19.3 Å². The summed E-state index contributed by atoms with van der Waals surface area (Å²) in [7, 11) is 1.49. The van der Waals surface area contributed by atoms with E-state index in [0.29, 0.717) is 17.4 Å². The van der Waals surface area contributed by atoms with Crippen LogP contribution in [0.15, 0.2) is 72.9 Å². The third-order valence-corrected chi connectivity index (χ3v) is 15.9. The maximum absolute atomic E-state index is 13.5. The fourth-order valence-corrected chi connectivity index (χ4v) is 10.4. The number of likely N-dealkylation sites (N-methyl/N-ethyl adjacent to an activating group) is 1. The minimum Gasteiger partial charge on any atom is -0.456 e. The molecule has 2 N–H and O–H groups in total. The summed E-state index contributed by atoms with van der Waals surface area (Å²) in [4.78, 5) is 37.8. The normalized spacial score (nSPS) is 14.0. The second-order valence-corrected chi connectivity index (χ2v) is 25.5. The Balaban J connectivity index is 5.05. The van der Waals surface area contributed by atoms with Crippen molar-refractivity contribution >= 4 is 19.7 Å². The zero-order valence-corrected chi connectivity index (χ0v) is 54.2. The number of allylic oxidation sites excluding steroid dienone is 11. The van der Waals surface area contributed by atoms with Crippen LogP contribution in [0.2, 0.25) is 0 Å². The maximum atomic E-state index is 13.5. The van der Waals surface area contributed by atoms with Crippen molar-refractivity contribution in [2.24, 2.45) is 0 Å². The summed E-state index contributed by atoms with van der Waals surface area (Å²) in [6, 6.07) is -0.856. The Bertz CT molecular complexity index is 1600. The fraction of sp³-hybridized carbons (Fsp3) is 0.800. The molecule has 3 atom stereocenters. The van der Waals surface area contributed by atoms with Gasteiger partial charge in [-0.25, -0.2) is 4.57 Å². The number of esters is 1. The predicted octanol–water partition coefficient (Wildman–Crippen LogP) is 21.2. The number of hydrogen-bond acceptors (Lipinski definition) is 6. The van der Waals surface area contributed by atoms with Gasteiger partial charge in [-0.1, -0.05) is 274 Å². The Kier molecular flexibility index (Phi) is 57.7. The molecule has 0 aliphatic carbocycles. The lowest BCUT2D eigenvalue weighted by molar-refractivity contribution is -0.870. The van der Waals surface area contributed by atoms with Crippen molar-refractivity contribution in [3.05, 3.63) is 72.9 Å². The van der Waals surface area contributed by atoms with E-state index in [0.717, 1.165) is 89.9 Å². The van der Waals surface area contributed by atoms with E-state index in [1.807, 2.05) is 33.3 Å². The van der Waals surface area contributed by atoms with Crippen LogP contribution in [0.4, 0.5) is 0 Å². The van der Waals surface area contributed by atoms with Gasteiger partial charge in [0.2, 0.25) is 5.91 Å². The molecule has 0 aromatic carbocycles. The Morgan fingerprint density at radius 3 is 1.24 bits per heavy atom. The van der Waals surface area contributed by atoms with Crippen molar-refractivity contribution in [3.8, 4) is 0 Å². The first kappa shape index (κ1) is 77.5. The minimum absolute atomic E-state index is 0.0365. The van der Waals surface area contributed by atoms with E-state index >= 15 is 0 Å². The van der Waals surface area contributed by atoms with E-state index in [2.05, 4.69) is 86.8 Å². The molecule has 0 saturated heterocycles. The van der Waals surface area contributed by atoms with Gasteiger partial charge in [0, 0.05) is 12.8 Å². The number of carbonyl (C=O) groups excluding carboxylic acids is 2. The molecule has 0 aliphatic heterocycles. The molecule has 0 aromatic heterocycles. The average molecular weight is 1140 g/mol. The highest BCUT2D eigenvalue weighted by Gasteiger charge is 2.30. The Morgan fingerprint density at radius 1 is 0.450 bits per heavy atom. The standard InChI is InChI=1S/C70H129N2O7P/c1-7-10-13-16-19-22-25-28-30-31-32-33-34-35-36-37-38-39-40-41-43-45-48-51-54-57-60-63-70(74)79-68(61-58-55-52-49-46-27-24-21-18-15-12-9-3)67(66-78-80(75,76)77-65-64-72(4,5)6)71-69(73)62-59-56-53-50-47-44-42-29-26-23-20-17-14-11-8-2/h19-20,22-23,26,28-30,32-33,58,61,67-68H,7-18,21,24-25,27,31,34-57,59-60,62-66H2,1-6H3,(H-,71,73,75,76)/p+1/b22-19-,23-20+,29-26+,30-28-,33-32-,61-58-. The number of ether oxygens (including phenoxy) is 1. The molecule has 0 bridgehead atoms. The van der Waals surface area contributed by atoms with Crippen molar-refractivity contribution in [1.29, 1.82) is 0 Å². The summed E-state index contributed by atoms with van der Waals surface area (Å²) in [6.07, 6.45) is 77.6. The molecule has 80 heavy (non-hydrogen) atoms. The number of carbonyl (C=O) groups is 2. The molecule has 0 spiro atoms. The van der Waals surface area contributed by atoms with Gasteiger partial charge >= 0.3 is 13.8 Å². The quantitative estimate of drug-likeness (QED) is 0.0156. The van der Waals surface area contributed by atoms with Gasteiger partial charge in [-0.05, 0) is 96.0 Å². The first-order valence-corrected chi connectivity index (χ1v) is 35.3. The lowest BCUT2D eigenvalue weighted by Crippen LogP contribution is -2.47. The summed E-state index contributed by atoms with van der Waals surface area (Å²) in [5.41, 5.74) is 0. The first-order valence-electron chi connectivity index (χ1n) is 33.8. The topological polar surface area (TPSA) is 111 Å². The molecular formula is C70H130N2O7P+. The molecule has 0 saturated carbocycles. The van der Waals surface area contributed by atoms with Gasteiger partial charge < -0.3 is 19.4 Å². The summed E-state index contributed by atoms with van der Waals surface area (Å²) in [6.45, 7) is 6.97. The van der Waals surface area contributed by atoms with E-state index in [9.17, 15) is 19.0 Å². The second kappa shape index (κ2) is 59.6. The lowest BCUT2D eigenvalue weighted by Gasteiger charge is -2.27. The highest BCUT2D eigenvalue weighted by Crippen LogP contribution is 2.43. The molecule has 10 heteroatoms. The molecule has 3 unspecified atom stereocenters. The highest BCUT2D eigenvalue weighted by molar-refractivity contribution is 7.47. The molecule has 0 rings (SSSR count). The third-order valence-electron chi connectivity index (χ3n) is 14.9. The SMILES string of the molecule is CCCCC/C=C\C/C=C\C/C=C\CCCCCCCCCCCCCCCCC(=O)OC(/C=C\CCCCCCCCCCCC)C(COP(=O)(O)OCC[N+](C)(C)C)NC(=O)CCCCCCCC/C=C/C=C/CCCCC. The molecule has 1 amide bonds. The number of nitrogens with one attached hydrogen (secondary N) is 1. The van der Waals surface area contributed by atoms with Crippen molar-refractivity contribution in [2.75, 3.05) is 40.9 Å². The van der Waals surface area contributed by atoms with Crippen LogP contribution in [0.3, 0.4) is 0 Å². The van der Waals surface area contributed by atoms with E-state index < -0.39 is 20.0 Å². The summed E-state index contributed by atoms with van der Waals surface area (Å²) < 4.78 is 30.7. The van der Waals surface area contributed by atoms with Crippen molar-refractivity contribution < 1.29 is 37.3 Å². The predicted molar refractivity (Wildman–Crippen MR) is 346 cm³/mol. The number of hydrogen-bond donors (Lipinski definition) is 2. The van der Waals surface area contributed by atoms with Crippen LogP contribution >= 0.6 is 7.82 Å². The highest BCUT2D eigenvalue weighted by atomic mass is 31.2. The smallest absolute Gasteiger partial charge is 0.456 e. The minimum atomic E-state index is -4.45.